The van der Waals surface area contributed by atoms with Crippen molar-refractivity contribution in [1.82, 2.24) is 0 Å². The molecule has 0 saturated carbocycles. The van der Waals surface area contributed by atoms with E-state index in [0.717, 1.165) is 17.8 Å². The van der Waals surface area contributed by atoms with E-state index in [2.05, 4.69) is 60.8 Å². The summed E-state index contributed by atoms with van der Waals surface area (Å²) in [4.78, 5) is 0. The summed E-state index contributed by atoms with van der Waals surface area (Å²) in [5.41, 5.74) is 2.17. The standard InChI is InChI=1S/C23H24N2Se/c1-5-13-21(14-6-1)25(22-15-7-2-8-16-22)24-19-11-4-12-20-26-23-17-9-3-10-18-23/h1-3,5-10,13-19H,4,11-12,20H2. The van der Waals surface area contributed by atoms with E-state index in [-0.39, 0.29) is 0 Å². The molecule has 0 aliphatic rings. The molecule has 3 heteroatoms. The van der Waals surface area contributed by atoms with E-state index in [0.29, 0.717) is 15.0 Å². The van der Waals surface area contributed by atoms with Crippen LogP contribution in [0.15, 0.2) is 96.1 Å². The minimum atomic E-state index is 0.596. The SMILES string of the molecule is C(CCCC[Se]c1ccccc1)=NN(c1ccccc1)c1ccccc1. The first-order chi connectivity index (χ1) is 12.9. The molecule has 0 saturated heterocycles. The average molecular weight is 407 g/mol. The molecule has 0 heterocycles. The summed E-state index contributed by atoms with van der Waals surface area (Å²) in [6.45, 7) is 0. The molecule has 3 rings (SSSR count). The number of unbranched alkanes of at least 4 members (excludes halogenated alkanes) is 2. The third kappa shape index (κ3) is 5.87. The van der Waals surface area contributed by atoms with Crippen LogP contribution in [0.3, 0.4) is 0 Å². The molecular weight excluding hydrogens is 383 g/mol. The van der Waals surface area contributed by atoms with Gasteiger partial charge in [0.2, 0.25) is 0 Å². The van der Waals surface area contributed by atoms with Gasteiger partial charge in [0.05, 0.1) is 0 Å². The van der Waals surface area contributed by atoms with Gasteiger partial charge in [-0.15, -0.1) is 0 Å². The summed E-state index contributed by atoms with van der Waals surface area (Å²) < 4.78 is 1.49. The molecule has 0 spiro atoms. The molecule has 2 nitrogen and oxygen atoms in total. The van der Waals surface area contributed by atoms with Crippen molar-refractivity contribution in [3.05, 3.63) is 91.0 Å². The van der Waals surface area contributed by atoms with E-state index < -0.39 is 0 Å². The van der Waals surface area contributed by atoms with Crippen LogP contribution in [0, 0.1) is 0 Å². The summed E-state index contributed by atoms with van der Waals surface area (Å²) in [7, 11) is 0. The van der Waals surface area contributed by atoms with Gasteiger partial charge in [0.15, 0.2) is 0 Å². The average Bonchev–Trinajstić information content (AvgIpc) is 2.72. The molecule has 3 aromatic rings. The molecule has 0 aliphatic carbocycles. The topological polar surface area (TPSA) is 15.6 Å². The number of para-hydroxylation sites is 2. The molecule has 0 bridgehead atoms. The monoisotopic (exact) mass is 408 g/mol. The third-order valence-electron chi connectivity index (χ3n) is 3.94. The first-order valence-corrected chi connectivity index (χ1v) is 11.1. The third-order valence-corrected chi connectivity index (χ3v) is 6.24. The Hall–Kier alpha value is -2.35. The Bertz CT molecular complexity index is 734. The fraction of sp³-hybridized carbons (Fsp3) is 0.174. The van der Waals surface area contributed by atoms with E-state index in [1.165, 1.54) is 22.6 Å². The Kier molecular flexibility index (Phi) is 7.52. The van der Waals surface area contributed by atoms with Gasteiger partial charge in [-0.1, -0.05) is 0 Å². The van der Waals surface area contributed by atoms with Crippen molar-refractivity contribution in [2.75, 3.05) is 5.01 Å². The Labute approximate surface area is 162 Å². The van der Waals surface area contributed by atoms with Crippen LogP contribution in [0.2, 0.25) is 5.32 Å². The molecule has 132 valence electrons. The van der Waals surface area contributed by atoms with Crippen molar-refractivity contribution in [1.29, 1.82) is 0 Å². The van der Waals surface area contributed by atoms with Gasteiger partial charge in [-0.05, 0) is 0 Å². The van der Waals surface area contributed by atoms with Gasteiger partial charge in [0, 0.05) is 0 Å². The molecule has 26 heavy (non-hydrogen) atoms. The van der Waals surface area contributed by atoms with Crippen LogP contribution in [0.5, 0.6) is 0 Å². The van der Waals surface area contributed by atoms with Gasteiger partial charge in [0.25, 0.3) is 0 Å². The van der Waals surface area contributed by atoms with Gasteiger partial charge in [-0.25, -0.2) is 0 Å². The second kappa shape index (κ2) is 10.6. The molecule has 0 unspecified atom stereocenters. The Balaban J connectivity index is 1.49. The van der Waals surface area contributed by atoms with Gasteiger partial charge in [0.1, 0.15) is 0 Å². The number of benzene rings is 3. The molecule has 0 aromatic heterocycles. The van der Waals surface area contributed by atoms with Gasteiger partial charge in [-0.3, -0.25) is 0 Å². The molecule has 3 aromatic carbocycles. The van der Waals surface area contributed by atoms with E-state index >= 15 is 0 Å². The summed E-state index contributed by atoms with van der Waals surface area (Å²) in [5, 5.41) is 8.04. The van der Waals surface area contributed by atoms with E-state index in [9.17, 15) is 0 Å². The van der Waals surface area contributed by atoms with Crippen LogP contribution in [-0.2, 0) is 0 Å². The zero-order valence-electron chi connectivity index (χ0n) is 14.9. The fourth-order valence-electron chi connectivity index (χ4n) is 2.60. The summed E-state index contributed by atoms with van der Waals surface area (Å²) in [6, 6.07) is 31.4. The summed E-state index contributed by atoms with van der Waals surface area (Å²) in [5.74, 6) is 0. The quantitative estimate of drug-likeness (QED) is 0.200. The Morgan fingerprint density at radius 3 is 1.81 bits per heavy atom. The molecule has 0 aliphatic heterocycles. The molecule has 0 radical (unpaired) electrons. The minimum absolute atomic E-state index is 0.596. The van der Waals surface area contributed by atoms with Crippen LogP contribution in [0.4, 0.5) is 11.4 Å². The summed E-state index contributed by atoms with van der Waals surface area (Å²) >= 11 is 0.596. The number of hydrogen-bond acceptors (Lipinski definition) is 2. The number of anilines is 2. The number of hydrogen-bond donors (Lipinski definition) is 0. The normalized spacial score (nSPS) is 10.9. The molecule has 0 N–H and O–H groups in total. The molecule has 0 atom stereocenters. The van der Waals surface area contributed by atoms with Gasteiger partial charge in [-0.2, -0.15) is 0 Å². The predicted octanol–water partition coefficient (Wildman–Crippen LogP) is 5.43. The molecular formula is C23H24N2Se. The second-order valence-electron chi connectivity index (χ2n) is 5.94. The first kappa shape index (κ1) is 18.4. The van der Waals surface area contributed by atoms with Crippen LogP contribution in [-0.4, -0.2) is 21.2 Å². The number of nitrogens with zero attached hydrogens (tertiary/aromatic N) is 2. The van der Waals surface area contributed by atoms with E-state index in [4.69, 9.17) is 5.10 Å². The fourth-order valence-corrected chi connectivity index (χ4v) is 4.56. The predicted molar refractivity (Wildman–Crippen MR) is 114 cm³/mol. The van der Waals surface area contributed by atoms with Crippen LogP contribution in [0.25, 0.3) is 0 Å². The van der Waals surface area contributed by atoms with Crippen molar-refractivity contribution >= 4 is 37.0 Å². The van der Waals surface area contributed by atoms with Crippen LogP contribution in [0.1, 0.15) is 19.3 Å². The van der Waals surface area contributed by atoms with Crippen molar-refractivity contribution in [2.45, 2.75) is 24.6 Å². The molecule has 0 fully saturated rings. The van der Waals surface area contributed by atoms with Crippen molar-refractivity contribution < 1.29 is 0 Å². The zero-order valence-corrected chi connectivity index (χ0v) is 16.6. The van der Waals surface area contributed by atoms with Gasteiger partial charge < -0.3 is 0 Å². The van der Waals surface area contributed by atoms with Crippen molar-refractivity contribution in [3.63, 3.8) is 0 Å². The zero-order chi connectivity index (χ0) is 17.9. The van der Waals surface area contributed by atoms with E-state index in [1.807, 2.05) is 41.4 Å². The van der Waals surface area contributed by atoms with Crippen molar-refractivity contribution in [3.8, 4) is 0 Å². The maximum atomic E-state index is 4.73. The number of rotatable bonds is 9. The second-order valence-corrected chi connectivity index (χ2v) is 8.39. The van der Waals surface area contributed by atoms with E-state index in [1.54, 1.807) is 0 Å². The van der Waals surface area contributed by atoms with Crippen LogP contribution >= 0.6 is 0 Å². The summed E-state index contributed by atoms with van der Waals surface area (Å²) in [6.07, 6.45) is 5.52. The van der Waals surface area contributed by atoms with Gasteiger partial charge >= 0.3 is 163 Å². The number of hydrazone groups is 1. The van der Waals surface area contributed by atoms with Crippen molar-refractivity contribution in [2.24, 2.45) is 5.10 Å². The first-order valence-electron chi connectivity index (χ1n) is 9.04. The Morgan fingerprint density at radius 2 is 1.23 bits per heavy atom. The molecule has 0 amide bonds. The Morgan fingerprint density at radius 1 is 0.692 bits per heavy atom. The van der Waals surface area contributed by atoms with Crippen LogP contribution < -0.4 is 9.47 Å². The maximum absolute atomic E-state index is 4.73.